The number of carboxylic acid groups (broad SMARTS) is 1. The van der Waals surface area contributed by atoms with E-state index in [0.717, 1.165) is 0 Å². The molecule has 20 heavy (non-hydrogen) atoms. The number of carboxylic acids is 1. The maximum atomic E-state index is 11.4. The molecule has 0 bridgehead atoms. The van der Waals surface area contributed by atoms with E-state index in [9.17, 15) is 25.1 Å². The zero-order valence-corrected chi connectivity index (χ0v) is 10.7. The van der Waals surface area contributed by atoms with Gasteiger partial charge in [-0.15, -0.1) is 0 Å². The molecular formula is C12H14BO7-. The molecule has 0 amide bonds. The molecule has 1 fully saturated rings. The van der Waals surface area contributed by atoms with Crippen LogP contribution in [0.4, 0.5) is 0 Å². The Morgan fingerprint density at radius 3 is 2.80 bits per heavy atom. The Kier molecular flexibility index (Phi) is 2.56. The van der Waals surface area contributed by atoms with Crippen molar-refractivity contribution in [2.75, 3.05) is 13.7 Å². The first-order valence-electron chi connectivity index (χ1n) is 6.20. The van der Waals surface area contributed by atoms with E-state index in [2.05, 4.69) is 0 Å². The van der Waals surface area contributed by atoms with Crippen molar-refractivity contribution in [2.24, 2.45) is 0 Å². The largest absolute Gasteiger partial charge is 0.669 e. The molecule has 1 aromatic rings. The lowest BCUT2D eigenvalue weighted by atomic mass is 9.57. The van der Waals surface area contributed by atoms with Gasteiger partial charge in [-0.3, -0.25) is 0 Å². The minimum atomic E-state index is -3.32. The van der Waals surface area contributed by atoms with Crippen molar-refractivity contribution in [1.29, 1.82) is 0 Å². The van der Waals surface area contributed by atoms with Gasteiger partial charge in [0.05, 0.1) is 12.9 Å². The number of hydrogen-bond donors (Lipinski definition) is 4. The Labute approximate surface area is 114 Å². The van der Waals surface area contributed by atoms with Gasteiger partial charge < -0.3 is 29.7 Å². The van der Waals surface area contributed by atoms with Gasteiger partial charge in [0, 0.05) is 6.61 Å². The molecule has 7 nitrogen and oxygen atoms in total. The van der Waals surface area contributed by atoms with Gasteiger partial charge in [0.1, 0.15) is 11.3 Å². The van der Waals surface area contributed by atoms with E-state index in [1.807, 2.05) is 0 Å². The minimum Gasteiger partial charge on any atom is -0.669 e. The lowest BCUT2D eigenvalue weighted by Gasteiger charge is -2.43. The highest BCUT2D eigenvalue weighted by atomic mass is 16.6. The van der Waals surface area contributed by atoms with Gasteiger partial charge in [-0.05, 0) is 22.9 Å². The number of rotatable bonds is 3. The molecule has 2 aliphatic rings. The molecule has 2 atom stereocenters. The van der Waals surface area contributed by atoms with E-state index < -0.39 is 24.6 Å². The normalized spacial score (nSPS) is 28.9. The molecule has 1 aliphatic carbocycles. The van der Waals surface area contributed by atoms with E-state index in [1.165, 1.54) is 13.2 Å². The maximum absolute atomic E-state index is 11.4. The zero-order valence-electron chi connectivity index (χ0n) is 10.7. The van der Waals surface area contributed by atoms with Crippen LogP contribution in [-0.2, 0) is 0 Å². The SMILES string of the molecule is COc1ccc2c(c1C(=O)O)O[B-](O)(O)C1(CO)CC21. The predicted octanol–water partition coefficient (Wildman–Crippen LogP) is -0.0707. The number of aliphatic hydroxyl groups is 1. The highest BCUT2D eigenvalue weighted by molar-refractivity contribution is 6.64. The molecule has 0 saturated heterocycles. The van der Waals surface area contributed by atoms with Gasteiger partial charge in [-0.2, -0.15) is 0 Å². The molecule has 0 radical (unpaired) electrons. The summed E-state index contributed by atoms with van der Waals surface area (Å²) < 4.78 is 10.1. The van der Waals surface area contributed by atoms with E-state index in [4.69, 9.17) is 9.39 Å². The van der Waals surface area contributed by atoms with Crippen LogP contribution in [0.25, 0.3) is 0 Å². The van der Waals surface area contributed by atoms with E-state index in [1.54, 1.807) is 6.07 Å². The average molecular weight is 281 g/mol. The summed E-state index contributed by atoms with van der Waals surface area (Å²) >= 11 is 0. The molecule has 2 unspecified atom stereocenters. The fraction of sp³-hybridized carbons (Fsp3) is 0.417. The monoisotopic (exact) mass is 281 g/mol. The molecule has 108 valence electrons. The second kappa shape index (κ2) is 3.88. The van der Waals surface area contributed by atoms with Crippen molar-refractivity contribution in [2.45, 2.75) is 17.7 Å². The highest BCUT2D eigenvalue weighted by Crippen LogP contribution is 2.73. The number of hydrogen-bond acceptors (Lipinski definition) is 6. The Balaban J connectivity index is 2.20. The zero-order chi connectivity index (χ0) is 14.7. The van der Waals surface area contributed by atoms with E-state index in [0.29, 0.717) is 12.0 Å². The Hall–Kier alpha value is -1.77. The Morgan fingerprint density at radius 2 is 2.25 bits per heavy atom. The predicted molar refractivity (Wildman–Crippen MR) is 67.9 cm³/mol. The van der Waals surface area contributed by atoms with Crippen molar-refractivity contribution in [3.63, 3.8) is 0 Å². The van der Waals surface area contributed by atoms with Crippen molar-refractivity contribution < 1.29 is 34.4 Å². The lowest BCUT2D eigenvalue weighted by Crippen LogP contribution is -2.53. The van der Waals surface area contributed by atoms with Crippen LogP contribution in [0, 0.1) is 0 Å². The maximum Gasteiger partial charge on any atom is 0.439 e. The summed E-state index contributed by atoms with van der Waals surface area (Å²) in [4.78, 5) is 11.4. The van der Waals surface area contributed by atoms with Gasteiger partial charge >= 0.3 is 12.7 Å². The molecular weight excluding hydrogens is 267 g/mol. The van der Waals surface area contributed by atoms with Crippen LogP contribution < -0.4 is 9.39 Å². The summed E-state index contributed by atoms with van der Waals surface area (Å²) in [6.07, 6.45) is 0.342. The standard InChI is InChI=1S/C12H14BO7/c1-19-8-3-2-6-7-4-12(7,5-14)13(17,18)20-10(6)9(8)11(15)16/h2-3,7,14,17-18H,4-5H2,1H3,(H,15,16)/q-1. The number of methoxy groups -OCH3 is 1. The first kappa shape index (κ1) is 13.2. The Morgan fingerprint density at radius 1 is 1.55 bits per heavy atom. The number of aromatic carboxylic acids is 1. The van der Waals surface area contributed by atoms with Gasteiger partial charge in [0.15, 0.2) is 0 Å². The molecule has 8 heteroatoms. The van der Waals surface area contributed by atoms with Gasteiger partial charge in [0.2, 0.25) is 0 Å². The number of carbonyl (C=O) groups is 1. The van der Waals surface area contributed by atoms with Gasteiger partial charge in [-0.1, -0.05) is 12.5 Å². The third-order valence-corrected chi connectivity index (χ3v) is 4.40. The number of aliphatic hydroxyl groups excluding tert-OH is 1. The molecule has 4 N–H and O–H groups in total. The topological polar surface area (TPSA) is 116 Å². The second-order valence-corrected chi connectivity index (χ2v) is 5.33. The summed E-state index contributed by atoms with van der Waals surface area (Å²) in [5.41, 5.74) is 0.315. The quantitative estimate of drug-likeness (QED) is 0.573. The Bertz CT molecular complexity index is 600. The first-order chi connectivity index (χ1) is 9.38. The summed E-state index contributed by atoms with van der Waals surface area (Å²) in [6, 6.07) is 3.13. The molecule has 1 heterocycles. The summed E-state index contributed by atoms with van der Waals surface area (Å²) in [5.74, 6) is -1.61. The molecule has 1 aliphatic heterocycles. The average Bonchev–Trinajstić information content (AvgIpc) is 3.13. The van der Waals surface area contributed by atoms with Gasteiger partial charge in [0.25, 0.3) is 0 Å². The van der Waals surface area contributed by atoms with Gasteiger partial charge in [-0.25, -0.2) is 4.79 Å². The fourth-order valence-corrected chi connectivity index (χ4v) is 3.09. The van der Waals surface area contributed by atoms with Crippen LogP contribution in [0.5, 0.6) is 11.5 Å². The molecule has 0 spiro atoms. The fourth-order valence-electron chi connectivity index (χ4n) is 3.09. The number of benzene rings is 1. The molecule has 1 saturated carbocycles. The first-order valence-corrected chi connectivity index (χ1v) is 6.20. The van der Waals surface area contributed by atoms with Crippen LogP contribution in [0.3, 0.4) is 0 Å². The number of ether oxygens (including phenoxy) is 1. The van der Waals surface area contributed by atoms with Crippen LogP contribution >= 0.6 is 0 Å². The van der Waals surface area contributed by atoms with Crippen LogP contribution in [-0.4, -0.2) is 46.7 Å². The van der Waals surface area contributed by atoms with E-state index in [-0.39, 0.29) is 23.0 Å². The third-order valence-electron chi connectivity index (χ3n) is 4.40. The molecule has 1 aromatic carbocycles. The minimum absolute atomic E-state index is 0.0833. The van der Waals surface area contributed by atoms with Crippen molar-refractivity contribution >= 4 is 12.7 Å². The van der Waals surface area contributed by atoms with Crippen LogP contribution in [0.1, 0.15) is 28.3 Å². The smallest absolute Gasteiger partial charge is 0.439 e. The summed E-state index contributed by atoms with van der Waals surface area (Å²) in [6.45, 7) is -3.75. The third kappa shape index (κ3) is 1.44. The lowest BCUT2D eigenvalue weighted by molar-refractivity contribution is 0.0689. The second-order valence-electron chi connectivity index (χ2n) is 5.33. The molecule has 3 rings (SSSR count). The van der Waals surface area contributed by atoms with Crippen molar-refractivity contribution in [3.8, 4) is 11.5 Å². The summed E-state index contributed by atoms with van der Waals surface area (Å²) in [7, 11) is 1.32. The summed E-state index contributed by atoms with van der Waals surface area (Å²) in [5, 5.41) is 37.7. The highest BCUT2D eigenvalue weighted by Gasteiger charge is 2.67. The van der Waals surface area contributed by atoms with Crippen molar-refractivity contribution in [3.05, 3.63) is 23.3 Å². The van der Waals surface area contributed by atoms with Crippen molar-refractivity contribution in [1.82, 2.24) is 0 Å². The van der Waals surface area contributed by atoms with Crippen LogP contribution in [0.15, 0.2) is 12.1 Å². The van der Waals surface area contributed by atoms with Crippen LogP contribution in [0.2, 0.25) is 5.31 Å². The molecule has 0 aromatic heterocycles. The van der Waals surface area contributed by atoms with E-state index >= 15 is 0 Å². The number of fused-ring (bicyclic) bond motifs is 3.